The van der Waals surface area contributed by atoms with Gasteiger partial charge in [-0.25, -0.2) is 4.98 Å². The summed E-state index contributed by atoms with van der Waals surface area (Å²) in [7, 11) is 0. The van der Waals surface area contributed by atoms with E-state index in [1.165, 1.54) is 17.8 Å². The molecule has 1 saturated carbocycles. The first-order valence-corrected chi connectivity index (χ1v) is 9.54. The van der Waals surface area contributed by atoms with Gasteiger partial charge in [0.05, 0.1) is 6.04 Å². The molecule has 2 atom stereocenters. The molecule has 3 rings (SSSR count). The van der Waals surface area contributed by atoms with Gasteiger partial charge >= 0.3 is 0 Å². The molecule has 24 heavy (non-hydrogen) atoms. The van der Waals surface area contributed by atoms with Gasteiger partial charge in [-0.15, -0.1) is 11.3 Å². The molecule has 1 aliphatic rings. The lowest BCUT2D eigenvalue weighted by atomic mass is 9.88. The number of aliphatic hydroxyl groups excluding tert-OH is 1. The molecule has 0 saturated heterocycles. The van der Waals surface area contributed by atoms with Crippen molar-refractivity contribution in [3.8, 4) is 0 Å². The summed E-state index contributed by atoms with van der Waals surface area (Å²) in [4.78, 5) is 16.8. The Hall–Kier alpha value is -1.72. The number of aliphatic hydroxyl groups is 1. The summed E-state index contributed by atoms with van der Waals surface area (Å²) in [5, 5.41) is 16.3. The molecular weight excluding hydrogens is 320 g/mol. The van der Waals surface area contributed by atoms with Gasteiger partial charge in [0.15, 0.2) is 0 Å². The van der Waals surface area contributed by atoms with E-state index in [0.717, 1.165) is 31.2 Å². The zero-order valence-corrected chi connectivity index (χ0v) is 14.5. The highest BCUT2D eigenvalue weighted by Crippen LogP contribution is 2.26. The van der Waals surface area contributed by atoms with Crippen LogP contribution < -0.4 is 5.32 Å². The van der Waals surface area contributed by atoms with Crippen LogP contribution in [0.2, 0.25) is 0 Å². The molecule has 1 amide bonds. The highest BCUT2D eigenvalue weighted by Gasteiger charge is 2.28. The fraction of sp³-hybridized carbons (Fsp3) is 0.474. The summed E-state index contributed by atoms with van der Waals surface area (Å²) in [6.07, 6.45) is 6.88. The van der Waals surface area contributed by atoms with Crippen molar-refractivity contribution >= 4 is 17.2 Å². The zero-order valence-electron chi connectivity index (χ0n) is 13.7. The molecular formula is C19H24N2O2S. The van der Waals surface area contributed by atoms with Gasteiger partial charge < -0.3 is 10.4 Å². The molecule has 0 spiro atoms. The van der Waals surface area contributed by atoms with Crippen molar-refractivity contribution in [3.63, 3.8) is 0 Å². The van der Waals surface area contributed by atoms with Crippen LogP contribution in [0.15, 0.2) is 41.9 Å². The molecule has 0 radical (unpaired) electrons. The van der Waals surface area contributed by atoms with Gasteiger partial charge in [0.25, 0.3) is 0 Å². The molecule has 1 aliphatic carbocycles. The molecule has 1 aromatic heterocycles. The Kier molecular flexibility index (Phi) is 5.99. The maximum atomic E-state index is 12.6. The molecule has 0 bridgehead atoms. The van der Waals surface area contributed by atoms with Crippen molar-refractivity contribution < 1.29 is 9.90 Å². The van der Waals surface area contributed by atoms with Gasteiger partial charge in [-0.3, -0.25) is 4.79 Å². The van der Waals surface area contributed by atoms with E-state index in [1.807, 2.05) is 35.7 Å². The Bertz CT molecular complexity index is 624. The van der Waals surface area contributed by atoms with Crippen molar-refractivity contribution in [2.75, 3.05) is 0 Å². The third-order valence-electron chi connectivity index (χ3n) is 4.69. The van der Waals surface area contributed by atoms with E-state index in [1.54, 1.807) is 6.20 Å². The molecule has 1 aromatic carbocycles. The van der Waals surface area contributed by atoms with Crippen LogP contribution in [-0.4, -0.2) is 22.0 Å². The second-order valence-electron chi connectivity index (χ2n) is 6.45. The first-order valence-electron chi connectivity index (χ1n) is 8.66. The van der Waals surface area contributed by atoms with Crippen LogP contribution in [0, 0.1) is 5.92 Å². The zero-order chi connectivity index (χ0) is 16.8. The molecule has 2 N–H and O–H groups in total. The predicted octanol–water partition coefficient (Wildman–Crippen LogP) is 3.48. The molecule has 4 nitrogen and oxygen atoms in total. The van der Waals surface area contributed by atoms with Crippen molar-refractivity contribution in [2.24, 2.45) is 5.92 Å². The summed E-state index contributed by atoms with van der Waals surface area (Å²) in [6, 6.07) is 9.61. The average molecular weight is 344 g/mol. The van der Waals surface area contributed by atoms with Crippen molar-refractivity contribution in [1.29, 1.82) is 0 Å². The first kappa shape index (κ1) is 17.1. The molecule has 1 heterocycles. The Labute approximate surface area is 146 Å². The number of aromatic nitrogens is 1. The summed E-state index contributed by atoms with van der Waals surface area (Å²) in [5.74, 6) is 0.159. The molecule has 1 fully saturated rings. The molecule has 0 aliphatic heterocycles. The van der Waals surface area contributed by atoms with Gasteiger partial charge in [-0.1, -0.05) is 49.6 Å². The highest BCUT2D eigenvalue weighted by atomic mass is 32.1. The number of rotatable bonds is 6. The van der Waals surface area contributed by atoms with Crippen molar-refractivity contribution in [1.82, 2.24) is 10.3 Å². The van der Waals surface area contributed by atoms with Gasteiger partial charge in [0.1, 0.15) is 11.1 Å². The van der Waals surface area contributed by atoms with Crippen LogP contribution >= 0.6 is 11.3 Å². The Morgan fingerprint density at radius 3 is 2.67 bits per heavy atom. The number of nitrogens with one attached hydrogen (secondary N) is 1. The lowest BCUT2D eigenvalue weighted by Crippen LogP contribution is -2.44. The number of amides is 1. The van der Waals surface area contributed by atoms with E-state index >= 15 is 0 Å². The monoisotopic (exact) mass is 344 g/mol. The number of carbonyl (C=O) groups excluding carboxylic acids is 1. The topological polar surface area (TPSA) is 62.2 Å². The minimum Gasteiger partial charge on any atom is -0.384 e. The van der Waals surface area contributed by atoms with Crippen LogP contribution in [0.25, 0.3) is 0 Å². The quantitative estimate of drug-likeness (QED) is 0.843. The van der Waals surface area contributed by atoms with Crippen LogP contribution in [0.1, 0.15) is 48.8 Å². The number of benzene rings is 1. The van der Waals surface area contributed by atoms with E-state index in [-0.39, 0.29) is 17.9 Å². The second-order valence-corrected chi connectivity index (χ2v) is 7.38. The number of thiazole rings is 1. The van der Waals surface area contributed by atoms with E-state index in [9.17, 15) is 9.90 Å². The van der Waals surface area contributed by atoms with E-state index in [4.69, 9.17) is 0 Å². The number of carbonyl (C=O) groups is 1. The Morgan fingerprint density at radius 1 is 1.25 bits per heavy atom. The van der Waals surface area contributed by atoms with Crippen LogP contribution in [0.4, 0.5) is 0 Å². The summed E-state index contributed by atoms with van der Waals surface area (Å²) in [6.45, 7) is 0. The third kappa shape index (κ3) is 4.42. The largest absolute Gasteiger partial charge is 0.384 e. The van der Waals surface area contributed by atoms with Crippen LogP contribution in [-0.2, 0) is 11.2 Å². The van der Waals surface area contributed by atoms with Crippen molar-refractivity contribution in [2.45, 2.75) is 50.7 Å². The van der Waals surface area contributed by atoms with Gasteiger partial charge in [-0.05, 0) is 24.8 Å². The predicted molar refractivity (Wildman–Crippen MR) is 95.7 cm³/mol. The number of hydrogen-bond acceptors (Lipinski definition) is 4. The van der Waals surface area contributed by atoms with Crippen LogP contribution in [0.5, 0.6) is 0 Å². The van der Waals surface area contributed by atoms with Gasteiger partial charge in [-0.2, -0.15) is 0 Å². The van der Waals surface area contributed by atoms with E-state index < -0.39 is 6.10 Å². The SMILES string of the molecule is O=C(N[C@H](Cc1ccccc1)[C@@H](O)c1nccs1)C1CCCCC1. The highest BCUT2D eigenvalue weighted by molar-refractivity contribution is 7.09. The number of hydrogen-bond donors (Lipinski definition) is 2. The van der Waals surface area contributed by atoms with E-state index in [0.29, 0.717) is 11.4 Å². The van der Waals surface area contributed by atoms with Gasteiger partial charge in [0.2, 0.25) is 5.91 Å². The summed E-state index contributed by atoms with van der Waals surface area (Å²) < 4.78 is 0. The van der Waals surface area contributed by atoms with E-state index in [2.05, 4.69) is 10.3 Å². The minimum absolute atomic E-state index is 0.0752. The lowest BCUT2D eigenvalue weighted by molar-refractivity contribution is -0.127. The van der Waals surface area contributed by atoms with Gasteiger partial charge in [0, 0.05) is 17.5 Å². The fourth-order valence-corrected chi connectivity index (χ4v) is 4.01. The number of nitrogens with zero attached hydrogens (tertiary/aromatic N) is 1. The normalized spacial score (nSPS) is 18.0. The summed E-state index contributed by atoms with van der Waals surface area (Å²) in [5.41, 5.74) is 1.10. The molecule has 0 unspecified atom stereocenters. The third-order valence-corrected chi connectivity index (χ3v) is 5.53. The maximum absolute atomic E-state index is 12.6. The fourth-order valence-electron chi connectivity index (χ4n) is 3.33. The second kappa shape index (κ2) is 8.40. The molecule has 128 valence electrons. The lowest BCUT2D eigenvalue weighted by Gasteiger charge is -2.27. The standard InChI is InChI=1S/C19H24N2O2S/c22-17(19-20-11-12-24-19)16(13-14-7-3-1-4-8-14)21-18(23)15-9-5-2-6-10-15/h1,3-4,7-8,11-12,15-17,22H,2,5-6,9-10,13H2,(H,21,23)/t16-,17-/m1/s1. The molecule has 2 aromatic rings. The Balaban J connectivity index is 1.72. The molecule has 5 heteroatoms. The van der Waals surface area contributed by atoms with Crippen LogP contribution in [0.3, 0.4) is 0 Å². The average Bonchev–Trinajstić information content (AvgIpc) is 3.17. The Morgan fingerprint density at radius 2 is 2.00 bits per heavy atom. The minimum atomic E-state index is -0.780. The smallest absolute Gasteiger partial charge is 0.223 e. The first-order chi connectivity index (χ1) is 11.7. The maximum Gasteiger partial charge on any atom is 0.223 e. The summed E-state index contributed by atoms with van der Waals surface area (Å²) >= 11 is 1.42. The van der Waals surface area contributed by atoms with Crippen molar-refractivity contribution in [3.05, 3.63) is 52.5 Å².